The second-order valence-corrected chi connectivity index (χ2v) is 0.583. The van der Waals surface area contributed by atoms with Gasteiger partial charge in [0.25, 0.3) is 0 Å². The van der Waals surface area contributed by atoms with Gasteiger partial charge in [-0.25, -0.2) is 4.79 Å². The van der Waals surface area contributed by atoms with E-state index in [0.29, 0.717) is 0 Å². The Labute approximate surface area is 44.3 Å². The van der Waals surface area contributed by atoms with E-state index in [-0.39, 0.29) is 15.4 Å². The summed E-state index contributed by atoms with van der Waals surface area (Å²) in [5, 5.41) is 7.29. The quantitative estimate of drug-likeness (QED) is 0.265. The van der Waals surface area contributed by atoms with Crippen LogP contribution < -0.4 is 0 Å². The third-order valence-electron chi connectivity index (χ3n) is 0.129. The van der Waals surface area contributed by atoms with Crippen molar-refractivity contribution in [2.45, 2.75) is 6.92 Å². The third-order valence-corrected chi connectivity index (χ3v) is 0.129. The van der Waals surface area contributed by atoms with E-state index in [2.05, 4.69) is 4.89 Å². The van der Waals surface area contributed by atoms with Crippen molar-refractivity contribution in [2.24, 2.45) is 0 Å². The fraction of sp³-hybridized carbons (Fsp3) is 0.500. The van der Waals surface area contributed by atoms with E-state index in [1.54, 1.807) is 0 Å². The lowest BCUT2D eigenvalue weighted by atomic mass is 10.9. The highest BCUT2D eigenvalue weighted by atomic mass is 31.0. The monoisotopic (exact) mass is 128 g/mol. The van der Waals surface area contributed by atoms with Crippen LogP contribution >= 0.6 is 9.90 Å². The van der Waals surface area contributed by atoms with E-state index < -0.39 is 5.97 Å². The summed E-state index contributed by atoms with van der Waals surface area (Å²) in [6.07, 6.45) is 0. The molecule has 0 aliphatic heterocycles. The lowest BCUT2D eigenvalue weighted by molar-refractivity contribution is -0.231. The molecule has 0 radical (unpaired) electrons. The minimum Gasteiger partial charge on any atom is -0.412 e. The molecule has 0 aromatic rings. The van der Waals surface area contributed by atoms with Crippen molar-refractivity contribution in [1.82, 2.24) is 0 Å². The van der Waals surface area contributed by atoms with Crippen molar-refractivity contribution < 1.29 is 20.4 Å². The predicted molar refractivity (Wildman–Crippen MR) is 29.1 cm³/mol. The zero-order valence-electron chi connectivity index (χ0n) is 3.97. The number of rotatable bonds is 0. The lowest BCUT2D eigenvalue weighted by Gasteiger charge is -1.76. The number of hydrogen-bond donors (Lipinski definition) is 1. The summed E-state index contributed by atoms with van der Waals surface area (Å²) in [4.78, 5) is 12.5. The van der Waals surface area contributed by atoms with E-state index in [1.807, 2.05) is 0 Å². The summed E-state index contributed by atoms with van der Waals surface area (Å²) in [6.45, 7) is 1.11. The Morgan fingerprint density at radius 3 is 1.86 bits per heavy atom. The molecular weight excluding hydrogens is 119 g/mol. The third kappa shape index (κ3) is 25.6. The zero-order valence-corrected chi connectivity index (χ0v) is 5.39. The molecule has 0 heterocycles. The molecule has 1 unspecified atom stereocenters. The smallest absolute Gasteiger partial charge is 0.339 e. The summed E-state index contributed by atoms with van der Waals surface area (Å²) in [5.74, 6) is -0.690. The Bertz CT molecular complexity index is 45.0. The normalized spacial score (nSPS) is 4.86. The first-order valence-corrected chi connectivity index (χ1v) is 1.09. The molecule has 46 valence electrons. The van der Waals surface area contributed by atoms with Crippen LogP contribution in [0.4, 0.5) is 0 Å². The van der Waals surface area contributed by atoms with E-state index in [1.165, 1.54) is 0 Å². The van der Waals surface area contributed by atoms with Gasteiger partial charge in [0.15, 0.2) is 0 Å². The molecule has 1 atom stereocenters. The van der Waals surface area contributed by atoms with Crippen LogP contribution in [-0.2, 0) is 9.68 Å². The fourth-order valence-corrected chi connectivity index (χ4v) is 0. The van der Waals surface area contributed by atoms with Crippen LogP contribution in [0.15, 0.2) is 0 Å². The second-order valence-electron chi connectivity index (χ2n) is 0.583. The highest BCUT2D eigenvalue weighted by molar-refractivity contribution is 6.92. The van der Waals surface area contributed by atoms with Gasteiger partial charge < -0.3 is 10.4 Å². The van der Waals surface area contributed by atoms with Crippen molar-refractivity contribution in [3.63, 3.8) is 0 Å². The van der Waals surface area contributed by atoms with Crippen LogP contribution in [-0.4, -0.2) is 16.7 Å². The molecule has 0 saturated heterocycles. The first-order chi connectivity index (χ1) is 2.27. The highest BCUT2D eigenvalue weighted by Crippen LogP contribution is 1.59. The van der Waals surface area contributed by atoms with Gasteiger partial charge in [0.05, 0.1) is 0 Å². The molecule has 0 aromatic heterocycles. The summed E-state index contributed by atoms with van der Waals surface area (Å²) in [6, 6.07) is 0. The minimum absolute atomic E-state index is 0. The SMILES string of the molecule is CC(=O)OO.O.P. The molecule has 0 spiro atoms. The van der Waals surface area contributed by atoms with Gasteiger partial charge in [0.1, 0.15) is 0 Å². The van der Waals surface area contributed by atoms with Gasteiger partial charge in [0.2, 0.25) is 0 Å². The van der Waals surface area contributed by atoms with Crippen LogP contribution in [0, 0.1) is 0 Å². The molecule has 0 amide bonds. The van der Waals surface area contributed by atoms with Gasteiger partial charge >= 0.3 is 5.97 Å². The van der Waals surface area contributed by atoms with E-state index >= 15 is 0 Å². The molecule has 0 bridgehead atoms. The maximum Gasteiger partial charge on any atom is 0.339 e. The Kier molecular flexibility index (Phi) is 21.0. The molecular formula is C2H9O4P. The number of hydrogen-bond acceptors (Lipinski definition) is 3. The summed E-state index contributed by atoms with van der Waals surface area (Å²) >= 11 is 0. The Morgan fingerprint density at radius 1 is 1.71 bits per heavy atom. The summed E-state index contributed by atoms with van der Waals surface area (Å²) in [5.41, 5.74) is 0. The molecule has 0 fully saturated rings. The molecule has 0 saturated carbocycles. The van der Waals surface area contributed by atoms with Crippen molar-refractivity contribution >= 4 is 15.9 Å². The first-order valence-electron chi connectivity index (χ1n) is 1.09. The highest BCUT2D eigenvalue weighted by Gasteiger charge is 1.79. The van der Waals surface area contributed by atoms with Gasteiger partial charge in [-0.05, 0) is 0 Å². The molecule has 3 N–H and O–H groups in total. The van der Waals surface area contributed by atoms with Gasteiger partial charge in [0, 0.05) is 6.92 Å². The van der Waals surface area contributed by atoms with E-state index in [0.717, 1.165) is 6.92 Å². The maximum atomic E-state index is 9.34. The fourth-order valence-electron chi connectivity index (χ4n) is 0. The Hall–Kier alpha value is -0.180. The van der Waals surface area contributed by atoms with E-state index in [9.17, 15) is 4.79 Å². The lowest BCUT2D eigenvalue weighted by Crippen LogP contribution is -1.89. The average Bonchev–Trinajstić information content (AvgIpc) is 1.38. The molecule has 0 aromatic carbocycles. The van der Waals surface area contributed by atoms with Crippen molar-refractivity contribution in [3.8, 4) is 0 Å². The van der Waals surface area contributed by atoms with Crippen molar-refractivity contribution in [3.05, 3.63) is 0 Å². The molecule has 0 aliphatic rings. The van der Waals surface area contributed by atoms with Gasteiger partial charge in [-0.3, -0.25) is 0 Å². The molecule has 7 heavy (non-hydrogen) atoms. The second kappa shape index (κ2) is 9.27. The first kappa shape index (κ1) is 15.8. The number of carbonyl (C=O) groups is 1. The van der Waals surface area contributed by atoms with Gasteiger partial charge in [-0.2, -0.15) is 15.2 Å². The largest absolute Gasteiger partial charge is 0.412 e. The summed E-state index contributed by atoms with van der Waals surface area (Å²) < 4.78 is 0. The maximum absolute atomic E-state index is 9.34. The van der Waals surface area contributed by atoms with Crippen molar-refractivity contribution in [1.29, 1.82) is 0 Å². The number of carbonyl (C=O) groups excluding carboxylic acids is 1. The standard InChI is InChI=1S/C2H4O3.H2O.H3P/c1-2(3)5-4;;/h4H,1H3;1H2;1H3. The average molecular weight is 128 g/mol. The predicted octanol–water partition coefficient (Wildman–Crippen LogP) is -0.744. The van der Waals surface area contributed by atoms with Crippen LogP contribution in [0.2, 0.25) is 0 Å². The molecule has 5 heteroatoms. The molecule has 4 nitrogen and oxygen atoms in total. The van der Waals surface area contributed by atoms with Crippen LogP contribution in [0.25, 0.3) is 0 Å². The Balaban J connectivity index is -0.0000000800. The van der Waals surface area contributed by atoms with Crippen LogP contribution in [0.3, 0.4) is 0 Å². The Morgan fingerprint density at radius 2 is 1.86 bits per heavy atom. The molecule has 0 rings (SSSR count). The van der Waals surface area contributed by atoms with E-state index in [4.69, 9.17) is 5.26 Å². The van der Waals surface area contributed by atoms with Gasteiger partial charge in [-0.1, -0.05) is 0 Å². The van der Waals surface area contributed by atoms with Crippen molar-refractivity contribution in [2.75, 3.05) is 0 Å². The van der Waals surface area contributed by atoms with Gasteiger partial charge in [-0.15, -0.1) is 0 Å². The topological polar surface area (TPSA) is 78.0 Å². The minimum atomic E-state index is -0.690. The zero-order chi connectivity index (χ0) is 4.28. The molecule has 0 aliphatic carbocycles. The summed E-state index contributed by atoms with van der Waals surface area (Å²) in [7, 11) is 0. The van der Waals surface area contributed by atoms with Crippen LogP contribution in [0.1, 0.15) is 6.92 Å². The van der Waals surface area contributed by atoms with Crippen LogP contribution in [0.5, 0.6) is 0 Å².